The number of ether oxygens (including phenoxy) is 1. The van der Waals surface area contributed by atoms with E-state index in [1.54, 1.807) is 32.7 Å². The molecule has 0 saturated carbocycles. The van der Waals surface area contributed by atoms with E-state index < -0.39 is 0 Å². The van der Waals surface area contributed by atoms with Gasteiger partial charge in [-0.3, -0.25) is 9.59 Å². The number of hydrogen-bond acceptors (Lipinski definition) is 4. The number of carbonyl (C=O) groups is 2. The zero-order valence-corrected chi connectivity index (χ0v) is 10.1. The molecule has 0 bridgehead atoms. The van der Waals surface area contributed by atoms with E-state index in [4.69, 9.17) is 4.74 Å². The molecule has 0 aliphatic rings. The van der Waals surface area contributed by atoms with Gasteiger partial charge in [-0.25, -0.2) is 4.98 Å². The van der Waals surface area contributed by atoms with Crippen LogP contribution in [0.4, 0.5) is 0 Å². The van der Waals surface area contributed by atoms with Crippen molar-refractivity contribution in [1.82, 2.24) is 14.5 Å². The third-order valence-corrected chi connectivity index (χ3v) is 2.24. The molecule has 1 heterocycles. The molecule has 94 valence electrons. The second-order valence-electron chi connectivity index (χ2n) is 3.61. The first-order valence-corrected chi connectivity index (χ1v) is 5.48. The van der Waals surface area contributed by atoms with Gasteiger partial charge in [-0.1, -0.05) is 0 Å². The minimum Gasteiger partial charge on any atom is -0.465 e. The Morgan fingerprint density at radius 3 is 2.82 bits per heavy atom. The summed E-state index contributed by atoms with van der Waals surface area (Å²) in [6.45, 7) is 2.62. The van der Waals surface area contributed by atoms with Gasteiger partial charge >= 0.3 is 5.97 Å². The van der Waals surface area contributed by atoms with Gasteiger partial charge in [0.2, 0.25) is 5.91 Å². The lowest BCUT2D eigenvalue weighted by Crippen LogP contribution is -2.33. The highest BCUT2D eigenvalue weighted by atomic mass is 16.5. The average molecular weight is 239 g/mol. The van der Waals surface area contributed by atoms with Gasteiger partial charge in [-0.15, -0.1) is 0 Å². The molecule has 0 saturated heterocycles. The first-order valence-electron chi connectivity index (χ1n) is 5.48. The Morgan fingerprint density at radius 2 is 2.24 bits per heavy atom. The molecule has 0 unspecified atom stereocenters. The Labute approximate surface area is 100 Å². The first-order chi connectivity index (χ1) is 8.13. The largest absolute Gasteiger partial charge is 0.465 e. The van der Waals surface area contributed by atoms with Crippen LogP contribution in [0.25, 0.3) is 0 Å². The monoisotopic (exact) mass is 239 g/mol. The van der Waals surface area contributed by atoms with E-state index >= 15 is 0 Å². The number of rotatable bonds is 6. The van der Waals surface area contributed by atoms with E-state index in [0.717, 1.165) is 0 Å². The molecule has 1 aromatic rings. The predicted molar refractivity (Wildman–Crippen MR) is 61.1 cm³/mol. The second-order valence-corrected chi connectivity index (χ2v) is 3.61. The van der Waals surface area contributed by atoms with Crippen molar-refractivity contribution in [3.05, 3.63) is 18.7 Å². The molecule has 0 fully saturated rings. The lowest BCUT2D eigenvalue weighted by molar-refractivity contribution is -0.148. The van der Waals surface area contributed by atoms with Gasteiger partial charge in [0.25, 0.3) is 0 Å². The number of likely N-dealkylation sites (N-methyl/N-ethyl adjacent to an activating group) is 1. The van der Waals surface area contributed by atoms with Crippen LogP contribution in [-0.4, -0.2) is 46.5 Å². The van der Waals surface area contributed by atoms with Gasteiger partial charge in [0.15, 0.2) is 0 Å². The lowest BCUT2D eigenvalue weighted by atomic mass is 10.3. The Balaban J connectivity index is 2.29. The molecule has 1 aromatic heterocycles. The van der Waals surface area contributed by atoms with Crippen LogP contribution >= 0.6 is 0 Å². The normalized spacial score (nSPS) is 10.0. The van der Waals surface area contributed by atoms with Crippen LogP contribution in [0.5, 0.6) is 0 Å². The zero-order valence-electron chi connectivity index (χ0n) is 10.1. The minimum absolute atomic E-state index is 0.00337. The molecule has 0 spiro atoms. The molecular formula is C11H17N3O3. The van der Waals surface area contributed by atoms with Crippen molar-refractivity contribution in [2.45, 2.75) is 19.9 Å². The SMILES string of the molecule is CCOC(=O)CN(C)C(=O)CCn1ccnc1. The topological polar surface area (TPSA) is 64.4 Å². The van der Waals surface area contributed by atoms with Crippen molar-refractivity contribution in [3.8, 4) is 0 Å². The molecule has 17 heavy (non-hydrogen) atoms. The maximum atomic E-state index is 11.7. The average Bonchev–Trinajstić information content (AvgIpc) is 2.78. The third kappa shape index (κ3) is 4.67. The summed E-state index contributed by atoms with van der Waals surface area (Å²) >= 11 is 0. The van der Waals surface area contributed by atoms with E-state index in [1.807, 2.05) is 4.57 Å². The van der Waals surface area contributed by atoms with Gasteiger partial charge in [0, 0.05) is 32.4 Å². The number of aromatic nitrogens is 2. The van der Waals surface area contributed by atoms with Crippen LogP contribution in [0.2, 0.25) is 0 Å². The Hall–Kier alpha value is -1.85. The van der Waals surface area contributed by atoms with Crippen LogP contribution < -0.4 is 0 Å². The standard InChI is InChI=1S/C11H17N3O3/c1-3-17-11(16)8-13(2)10(15)4-6-14-7-5-12-9-14/h5,7,9H,3-4,6,8H2,1-2H3. The van der Waals surface area contributed by atoms with Crippen LogP contribution in [0.3, 0.4) is 0 Å². The van der Waals surface area contributed by atoms with E-state index in [2.05, 4.69) is 4.98 Å². The van der Waals surface area contributed by atoms with Crippen molar-refractivity contribution in [2.24, 2.45) is 0 Å². The van der Waals surface area contributed by atoms with Crippen LogP contribution in [0.15, 0.2) is 18.7 Å². The summed E-state index contributed by atoms with van der Waals surface area (Å²) in [4.78, 5) is 28.1. The maximum Gasteiger partial charge on any atom is 0.325 e. The van der Waals surface area contributed by atoms with Gasteiger partial charge in [-0.2, -0.15) is 0 Å². The maximum absolute atomic E-state index is 11.7. The number of aryl methyl sites for hydroxylation is 1. The van der Waals surface area contributed by atoms with Crippen molar-refractivity contribution < 1.29 is 14.3 Å². The summed E-state index contributed by atoms with van der Waals surface area (Å²) in [6, 6.07) is 0. The van der Waals surface area contributed by atoms with Crippen molar-refractivity contribution in [3.63, 3.8) is 0 Å². The molecule has 1 amide bonds. The molecule has 0 aliphatic carbocycles. The molecule has 6 nitrogen and oxygen atoms in total. The lowest BCUT2D eigenvalue weighted by Gasteiger charge is -2.16. The Morgan fingerprint density at radius 1 is 1.47 bits per heavy atom. The number of imidazole rings is 1. The van der Waals surface area contributed by atoms with Crippen LogP contribution in [-0.2, 0) is 20.9 Å². The fourth-order valence-corrected chi connectivity index (χ4v) is 1.32. The summed E-state index contributed by atoms with van der Waals surface area (Å²) in [6.07, 6.45) is 5.44. The number of nitrogens with zero attached hydrogens (tertiary/aromatic N) is 3. The molecule has 6 heteroatoms. The Kier molecular flexibility index (Phi) is 5.19. The van der Waals surface area contributed by atoms with Crippen LogP contribution in [0, 0.1) is 0 Å². The predicted octanol–water partition coefficient (Wildman–Crippen LogP) is 0.295. The van der Waals surface area contributed by atoms with E-state index in [-0.39, 0.29) is 18.4 Å². The summed E-state index contributed by atoms with van der Waals surface area (Å²) in [5, 5.41) is 0. The quantitative estimate of drug-likeness (QED) is 0.669. The van der Waals surface area contributed by atoms with Gasteiger partial charge in [0.05, 0.1) is 12.9 Å². The highest BCUT2D eigenvalue weighted by Crippen LogP contribution is 1.96. The second kappa shape index (κ2) is 6.67. The molecule has 1 rings (SSSR count). The van der Waals surface area contributed by atoms with Crippen molar-refractivity contribution in [2.75, 3.05) is 20.2 Å². The van der Waals surface area contributed by atoms with Gasteiger partial charge < -0.3 is 14.2 Å². The summed E-state index contributed by atoms with van der Waals surface area (Å²) in [5.74, 6) is -0.474. The molecular weight excluding hydrogens is 222 g/mol. The van der Waals surface area contributed by atoms with Crippen LogP contribution in [0.1, 0.15) is 13.3 Å². The highest BCUT2D eigenvalue weighted by Gasteiger charge is 2.13. The summed E-state index contributed by atoms with van der Waals surface area (Å²) in [5.41, 5.74) is 0. The van der Waals surface area contributed by atoms with Gasteiger partial charge in [0.1, 0.15) is 6.54 Å². The summed E-state index contributed by atoms with van der Waals surface area (Å²) < 4.78 is 6.58. The van der Waals surface area contributed by atoms with Crippen molar-refractivity contribution in [1.29, 1.82) is 0 Å². The number of amides is 1. The van der Waals surface area contributed by atoms with E-state index in [0.29, 0.717) is 19.6 Å². The molecule has 0 N–H and O–H groups in total. The number of hydrogen-bond donors (Lipinski definition) is 0. The number of carbonyl (C=O) groups excluding carboxylic acids is 2. The zero-order chi connectivity index (χ0) is 12.7. The highest BCUT2D eigenvalue weighted by molar-refractivity contribution is 5.81. The summed E-state index contributed by atoms with van der Waals surface area (Å²) in [7, 11) is 1.59. The fraction of sp³-hybridized carbons (Fsp3) is 0.545. The fourth-order valence-electron chi connectivity index (χ4n) is 1.32. The minimum atomic E-state index is -0.383. The van der Waals surface area contributed by atoms with E-state index in [9.17, 15) is 9.59 Å². The Bertz CT molecular complexity index is 362. The third-order valence-electron chi connectivity index (χ3n) is 2.24. The number of esters is 1. The van der Waals surface area contributed by atoms with E-state index in [1.165, 1.54) is 4.90 Å². The molecule has 0 aliphatic heterocycles. The first kappa shape index (κ1) is 13.2. The smallest absolute Gasteiger partial charge is 0.325 e. The van der Waals surface area contributed by atoms with Gasteiger partial charge in [-0.05, 0) is 6.92 Å². The molecule has 0 radical (unpaired) electrons. The molecule has 0 atom stereocenters. The van der Waals surface area contributed by atoms with Crippen molar-refractivity contribution >= 4 is 11.9 Å². The molecule has 0 aromatic carbocycles.